The zero-order chi connectivity index (χ0) is 20.8. The van der Waals surface area contributed by atoms with Crippen molar-refractivity contribution in [2.75, 3.05) is 11.9 Å². The Hall–Kier alpha value is -3.47. The molecule has 0 fully saturated rings. The number of nitro groups is 1. The van der Waals surface area contributed by atoms with Gasteiger partial charge in [-0.05, 0) is 48.5 Å². The van der Waals surface area contributed by atoms with Gasteiger partial charge < -0.3 is 10.1 Å². The van der Waals surface area contributed by atoms with Crippen LogP contribution in [0.5, 0.6) is 5.75 Å². The first-order valence-corrected chi connectivity index (χ1v) is 9.60. The number of hydrogen-bond acceptors (Lipinski definition) is 8. The third-order valence-electron chi connectivity index (χ3n) is 3.83. The summed E-state index contributed by atoms with van der Waals surface area (Å²) in [6.07, 6.45) is 0. The number of anilines is 1. The van der Waals surface area contributed by atoms with Crippen LogP contribution in [0.1, 0.15) is 13.8 Å². The van der Waals surface area contributed by atoms with E-state index in [0.29, 0.717) is 28.9 Å². The Balaban J connectivity index is 1.72. The minimum Gasteiger partial charge on any atom is -0.492 e. The molecule has 0 aliphatic carbocycles. The highest BCUT2D eigenvalue weighted by molar-refractivity contribution is 8.00. The number of tetrazole rings is 1. The number of nitro benzene ring substituents is 1. The Kier molecular flexibility index (Phi) is 6.39. The molecule has 2 aromatic carbocycles. The van der Waals surface area contributed by atoms with E-state index in [9.17, 15) is 14.9 Å². The van der Waals surface area contributed by atoms with Crippen LogP contribution in [0, 0.1) is 10.1 Å². The first-order valence-electron chi connectivity index (χ1n) is 8.72. The van der Waals surface area contributed by atoms with Crippen LogP contribution in [-0.4, -0.2) is 42.9 Å². The predicted molar refractivity (Wildman–Crippen MR) is 107 cm³/mol. The van der Waals surface area contributed by atoms with Crippen molar-refractivity contribution in [3.8, 4) is 11.4 Å². The molecule has 3 rings (SSSR count). The van der Waals surface area contributed by atoms with Gasteiger partial charge in [-0.3, -0.25) is 14.9 Å². The summed E-state index contributed by atoms with van der Waals surface area (Å²) in [4.78, 5) is 22.7. The topological polar surface area (TPSA) is 125 Å². The molecule has 1 heterocycles. The van der Waals surface area contributed by atoms with Gasteiger partial charge in [0.2, 0.25) is 11.1 Å². The second-order valence-electron chi connectivity index (χ2n) is 5.83. The van der Waals surface area contributed by atoms with Crippen molar-refractivity contribution in [3.63, 3.8) is 0 Å². The first-order chi connectivity index (χ1) is 14.0. The summed E-state index contributed by atoms with van der Waals surface area (Å²) in [5, 5.41) is 25.1. The maximum atomic E-state index is 12.5. The average molecular weight is 414 g/mol. The standard InChI is InChI=1S/C18H18N6O4S/c1-3-28-16-7-5-4-6-15(16)23-18(20-21-22-23)29-12(2)17(25)19-13-8-10-14(11-9-13)24(26)27/h4-12H,3H2,1-2H3,(H,19,25). The molecule has 0 spiro atoms. The van der Waals surface area contributed by atoms with E-state index in [1.54, 1.807) is 6.92 Å². The Morgan fingerprint density at radius 1 is 1.28 bits per heavy atom. The molecule has 0 saturated carbocycles. The van der Waals surface area contributed by atoms with Crippen molar-refractivity contribution in [2.24, 2.45) is 0 Å². The molecule has 1 aromatic heterocycles. The molecule has 0 aliphatic rings. The van der Waals surface area contributed by atoms with E-state index in [4.69, 9.17) is 4.74 Å². The lowest BCUT2D eigenvalue weighted by Crippen LogP contribution is -2.23. The maximum absolute atomic E-state index is 12.5. The summed E-state index contributed by atoms with van der Waals surface area (Å²) in [7, 11) is 0. The minimum absolute atomic E-state index is 0.0439. The molecule has 1 unspecified atom stereocenters. The number of hydrogen-bond donors (Lipinski definition) is 1. The SMILES string of the molecule is CCOc1ccccc1-n1nnnc1SC(C)C(=O)Nc1ccc([N+](=O)[O-])cc1. The van der Waals surface area contributed by atoms with Crippen molar-refractivity contribution in [1.82, 2.24) is 20.2 Å². The van der Waals surface area contributed by atoms with Crippen molar-refractivity contribution in [3.05, 3.63) is 58.6 Å². The third-order valence-corrected chi connectivity index (χ3v) is 4.86. The molecule has 0 radical (unpaired) electrons. The highest BCUT2D eigenvalue weighted by Crippen LogP contribution is 2.28. The molecular formula is C18H18N6O4S. The van der Waals surface area contributed by atoms with Crippen LogP contribution >= 0.6 is 11.8 Å². The maximum Gasteiger partial charge on any atom is 0.269 e. The number of thioether (sulfide) groups is 1. The van der Waals surface area contributed by atoms with E-state index in [1.165, 1.54) is 40.7 Å². The van der Waals surface area contributed by atoms with Crippen LogP contribution in [0.2, 0.25) is 0 Å². The molecule has 11 heteroatoms. The van der Waals surface area contributed by atoms with E-state index in [0.717, 1.165) is 0 Å². The summed E-state index contributed by atoms with van der Waals surface area (Å²) in [6, 6.07) is 13.0. The van der Waals surface area contributed by atoms with Gasteiger partial charge in [0, 0.05) is 17.8 Å². The van der Waals surface area contributed by atoms with Gasteiger partial charge in [0.25, 0.3) is 5.69 Å². The summed E-state index contributed by atoms with van der Waals surface area (Å²) >= 11 is 1.18. The van der Waals surface area contributed by atoms with Crippen LogP contribution in [0.3, 0.4) is 0 Å². The highest BCUT2D eigenvalue weighted by Gasteiger charge is 2.21. The van der Waals surface area contributed by atoms with Crippen molar-refractivity contribution >= 4 is 29.0 Å². The second kappa shape index (κ2) is 9.15. The van der Waals surface area contributed by atoms with E-state index in [-0.39, 0.29) is 11.6 Å². The summed E-state index contributed by atoms with van der Waals surface area (Å²) in [6.45, 7) is 4.10. The highest BCUT2D eigenvalue weighted by atomic mass is 32.2. The number of ether oxygens (including phenoxy) is 1. The smallest absolute Gasteiger partial charge is 0.269 e. The van der Waals surface area contributed by atoms with Gasteiger partial charge >= 0.3 is 0 Å². The number of carbonyl (C=O) groups is 1. The number of amides is 1. The molecule has 1 amide bonds. The Bertz CT molecular complexity index is 1010. The molecule has 0 bridgehead atoms. The number of aromatic nitrogens is 4. The molecule has 0 aliphatic heterocycles. The number of carbonyl (C=O) groups excluding carboxylic acids is 1. The summed E-state index contributed by atoms with van der Waals surface area (Å²) < 4.78 is 7.14. The fourth-order valence-corrected chi connectivity index (χ4v) is 3.24. The lowest BCUT2D eigenvalue weighted by atomic mass is 10.3. The van der Waals surface area contributed by atoms with E-state index < -0.39 is 10.2 Å². The molecule has 1 N–H and O–H groups in total. The Morgan fingerprint density at radius 3 is 2.69 bits per heavy atom. The quantitative estimate of drug-likeness (QED) is 0.339. The van der Waals surface area contributed by atoms with Crippen LogP contribution in [0.4, 0.5) is 11.4 Å². The molecule has 10 nitrogen and oxygen atoms in total. The van der Waals surface area contributed by atoms with E-state index in [1.807, 2.05) is 31.2 Å². The normalized spacial score (nSPS) is 11.7. The van der Waals surface area contributed by atoms with Gasteiger partial charge in [0.1, 0.15) is 11.4 Å². The van der Waals surface area contributed by atoms with Crippen LogP contribution in [-0.2, 0) is 4.79 Å². The van der Waals surface area contributed by atoms with Crippen LogP contribution < -0.4 is 10.1 Å². The number of benzene rings is 2. The van der Waals surface area contributed by atoms with Crippen molar-refractivity contribution < 1.29 is 14.5 Å². The Morgan fingerprint density at radius 2 is 2.00 bits per heavy atom. The Labute approximate surface area is 170 Å². The van der Waals surface area contributed by atoms with Crippen molar-refractivity contribution in [1.29, 1.82) is 0 Å². The minimum atomic E-state index is -0.519. The second-order valence-corrected chi connectivity index (χ2v) is 7.14. The lowest BCUT2D eigenvalue weighted by molar-refractivity contribution is -0.384. The molecule has 0 saturated heterocycles. The first kappa shape index (κ1) is 20.3. The number of para-hydroxylation sites is 2. The van der Waals surface area contributed by atoms with Crippen molar-refractivity contribution in [2.45, 2.75) is 24.3 Å². The largest absolute Gasteiger partial charge is 0.492 e. The van der Waals surface area contributed by atoms with Crippen LogP contribution in [0.25, 0.3) is 5.69 Å². The summed E-state index contributed by atoms with van der Waals surface area (Å²) in [5.41, 5.74) is 1.09. The van der Waals surface area contributed by atoms with E-state index >= 15 is 0 Å². The third kappa shape index (κ3) is 4.88. The van der Waals surface area contributed by atoms with Gasteiger partial charge in [-0.2, -0.15) is 4.68 Å². The van der Waals surface area contributed by atoms with Gasteiger partial charge in [0.05, 0.1) is 16.8 Å². The van der Waals surface area contributed by atoms with Gasteiger partial charge in [-0.25, -0.2) is 0 Å². The molecule has 3 aromatic rings. The molecule has 150 valence electrons. The molecular weight excluding hydrogens is 396 g/mol. The average Bonchev–Trinajstić information content (AvgIpc) is 3.17. The molecule has 1 atom stereocenters. The monoisotopic (exact) mass is 414 g/mol. The van der Waals surface area contributed by atoms with E-state index in [2.05, 4.69) is 20.8 Å². The fourth-order valence-electron chi connectivity index (χ4n) is 2.44. The number of nitrogens with one attached hydrogen (secondary N) is 1. The predicted octanol–water partition coefficient (Wildman–Crippen LogP) is 3.09. The summed E-state index contributed by atoms with van der Waals surface area (Å²) in [5.74, 6) is 0.351. The number of rotatable bonds is 8. The lowest BCUT2D eigenvalue weighted by Gasteiger charge is -2.13. The fraction of sp³-hybridized carbons (Fsp3) is 0.222. The molecule has 29 heavy (non-hydrogen) atoms. The van der Waals surface area contributed by atoms with Gasteiger partial charge in [0.15, 0.2) is 0 Å². The van der Waals surface area contributed by atoms with Gasteiger partial charge in [-0.15, -0.1) is 5.10 Å². The zero-order valence-electron chi connectivity index (χ0n) is 15.7. The van der Waals surface area contributed by atoms with Crippen LogP contribution in [0.15, 0.2) is 53.7 Å². The van der Waals surface area contributed by atoms with Gasteiger partial charge in [-0.1, -0.05) is 23.9 Å². The zero-order valence-corrected chi connectivity index (χ0v) is 16.5. The number of nitrogens with zero attached hydrogens (tertiary/aromatic N) is 5. The number of non-ortho nitro benzene ring substituents is 1.